The van der Waals surface area contributed by atoms with Crippen molar-refractivity contribution < 1.29 is 0 Å². The van der Waals surface area contributed by atoms with E-state index in [9.17, 15) is 0 Å². The van der Waals surface area contributed by atoms with Crippen LogP contribution in [-0.2, 0) is 0 Å². The van der Waals surface area contributed by atoms with Crippen molar-refractivity contribution in [3.8, 4) is 0 Å². The summed E-state index contributed by atoms with van der Waals surface area (Å²) in [4.78, 5) is 5.34. The van der Waals surface area contributed by atoms with E-state index in [0.29, 0.717) is 0 Å². The van der Waals surface area contributed by atoms with Gasteiger partial charge in [-0.1, -0.05) is 6.92 Å². The minimum atomic E-state index is 0.773. The Balaban J connectivity index is 1.80. The van der Waals surface area contributed by atoms with Crippen molar-refractivity contribution in [2.45, 2.75) is 70.0 Å². The van der Waals surface area contributed by atoms with Gasteiger partial charge in [0.15, 0.2) is 0 Å². The molecule has 1 aliphatic heterocycles. The van der Waals surface area contributed by atoms with Crippen LogP contribution >= 0.6 is 0 Å². The minimum Gasteiger partial charge on any atom is -0.317 e. The lowest BCUT2D eigenvalue weighted by Gasteiger charge is -2.39. The maximum atomic E-state index is 3.44. The van der Waals surface area contributed by atoms with Crippen LogP contribution in [0.4, 0.5) is 0 Å². The lowest BCUT2D eigenvalue weighted by molar-refractivity contribution is 0.117. The summed E-state index contributed by atoms with van der Waals surface area (Å²) in [5.74, 6) is 0. The zero-order valence-electron chi connectivity index (χ0n) is 13.2. The molecule has 1 heterocycles. The van der Waals surface area contributed by atoms with E-state index < -0.39 is 0 Å². The molecule has 1 atom stereocenters. The fourth-order valence-electron chi connectivity index (χ4n) is 3.93. The number of nitrogens with one attached hydrogen (secondary N) is 1. The van der Waals surface area contributed by atoms with Gasteiger partial charge in [0.25, 0.3) is 0 Å². The van der Waals surface area contributed by atoms with Gasteiger partial charge in [0.1, 0.15) is 0 Å². The summed E-state index contributed by atoms with van der Waals surface area (Å²) in [6, 6.07) is 2.44. The Morgan fingerprint density at radius 2 is 1.68 bits per heavy atom. The highest BCUT2D eigenvalue weighted by molar-refractivity contribution is 4.85. The molecule has 0 aromatic rings. The average molecular weight is 267 g/mol. The van der Waals surface area contributed by atoms with E-state index in [1.165, 1.54) is 64.6 Å². The number of nitrogens with zero attached hydrogens (tertiary/aromatic N) is 2. The largest absolute Gasteiger partial charge is 0.317 e. The maximum Gasteiger partial charge on any atom is 0.0108 e. The van der Waals surface area contributed by atoms with Gasteiger partial charge < -0.3 is 15.1 Å². The van der Waals surface area contributed by atoms with E-state index >= 15 is 0 Å². The minimum absolute atomic E-state index is 0.773. The van der Waals surface area contributed by atoms with Crippen LogP contribution in [0.2, 0.25) is 0 Å². The molecule has 1 saturated carbocycles. The zero-order valence-corrected chi connectivity index (χ0v) is 13.2. The molecule has 0 bridgehead atoms. The Bertz CT molecular complexity index is 248. The van der Waals surface area contributed by atoms with E-state index in [0.717, 1.165) is 18.1 Å². The Kier molecular flexibility index (Phi) is 6.11. The van der Waals surface area contributed by atoms with E-state index in [1.54, 1.807) is 0 Å². The van der Waals surface area contributed by atoms with Crippen LogP contribution < -0.4 is 5.32 Å². The molecular weight excluding hydrogens is 234 g/mol. The predicted molar refractivity (Wildman–Crippen MR) is 82.6 cm³/mol. The summed E-state index contributed by atoms with van der Waals surface area (Å²) in [5.41, 5.74) is 0. The zero-order chi connectivity index (χ0) is 13.7. The summed E-state index contributed by atoms with van der Waals surface area (Å²) in [6.07, 6.45) is 9.65. The lowest BCUT2D eigenvalue weighted by atomic mass is 9.89. The van der Waals surface area contributed by atoms with Gasteiger partial charge in [-0.3, -0.25) is 0 Å². The van der Waals surface area contributed by atoms with Crippen LogP contribution in [0.25, 0.3) is 0 Å². The first-order valence-corrected chi connectivity index (χ1v) is 8.36. The summed E-state index contributed by atoms with van der Waals surface area (Å²) < 4.78 is 0. The molecule has 0 radical (unpaired) electrons. The smallest absolute Gasteiger partial charge is 0.0108 e. The fourth-order valence-corrected chi connectivity index (χ4v) is 3.93. The molecule has 3 nitrogen and oxygen atoms in total. The highest BCUT2D eigenvalue weighted by atomic mass is 15.2. The molecule has 2 fully saturated rings. The van der Waals surface area contributed by atoms with E-state index in [1.807, 2.05) is 0 Å². The number of hydrogen-bond donors (Lipinski definition) is 1. The molecule has 1 aliphatic carbocycles. The molecule has 1 saturated heterocycles. The Morgan fingerprint density at radius 1 is 1.00 bits per heavy atom. The van der Waals surface area contributed by atoms with Crippen molar-refractivity contribution in [1.82, 2.24) is 15.1 Å². The van der Waals surface area contributed by atoms with Gasteiger partial charge in [0.05, 0.1) is 0 Å². The van der Waals surface area contributed by atoms with Crippen molar-refractivity contribution in [3.05, 3.63) is 0 Å². The molecule has 0 spiro atoms. The van der Waals surface area contributed by atoms with Crippen LogP contribution in [0.15, 0.2) is 0 Å². The van der Waals surface area contributed by atoms with Crippen LogP contribution in [0.1, 0.15) is 51.9 Å². The Hall–Kier alpha value is -0.120. The summed E-state index contributed by atoms with van der Waals surface area (Å²) in [6.45, 7) is 6.14. The Labute approximate surface area is 119 Å². The first-order valence-electron chi connectivity index (χ1n) is 8.36. The number of likely N-dealkylation sites (tertiary alicyclic amines) is 1. The number of hydrogen-bond acceptors (Lipinski definition) is 3. The van der Waals surface area contributed by atoms with Gasteiger partial charge in [0.2, 0.25) is 0 Å². The first kappa shape index (κ1) is 15.3. The van der Waals surface area contributed by atoms with E-state index in [4.69, 9.17) is 0 Å². The second-order valence-electron chi connectivity index (χ2n) is 6.48. The SMILES string of the molecule is CCN1CCCC(N(C)C2CCC(NC)CC2)CC1. The molecule has 19 heavy (non-hydrogen) atoms. The molecular formula is C16H33N3. The van der Waals surface area contributed by atoms with Crippen molar-refractivity contribution in [2.24, 2.45) is 0 Å². The monoisotopic (exact) mass is 267 g/mol. The quantitative estimate of drug-likeness (QED) is 0.843. The molecule has 3 heteroatoms. The third-order valence-corrected chi connectivity index (χ3v) is 5.49. The number of rotatable bonds is 4. The fraction of sp³-hybridized carbons (Fsp3) is 1.00. The first-order chi connectivity index (χ1) is 9.24. The summed E-state index contributed by atoms with van der Waals surface area (Å²) in [7, 11) is 4.50. The normalized spacial score (nSPS) is 34.4. The third kappa shape index (κ3) is 4.17. The van der Waals surface area contributed by atoms with Gasteiger partial charge in [-0.05, 0) is 78.7 Å². The summed E-state index contributed by atoms with van der Waals surface area (Å²) >= 11 is 0. The Morgan fingerprint density at radius 3 is 2.32 bits per heavy atom. The average Bonchev–Trinajstić information content (AvgIpc) is 2.72. The topological polar surface area (TPSA) is 18.5 Å². The second-order valence-corrected chi connectivity index (χ2v) is 6.48. The van der Waals surface area contributed by atoms with Crippen LogP contribution in [0.3, 0.4) is 0 Å². The van der Waals surface area contributed by atoms with Crippen molar-refractivity contribution in [2.75, 3.05) is 33.7 Å². The molecule has 0 aromatic carbocycles. The predicted octanol–water partition coefficient (Wildman–Crippen LogP) is 2.32. The molecule has 2 aliphatic rings. The van der Waals surface area contributed by atoms with Crippen LogP contribution in [0, 0.1) is 0 Å². The third-order valence-electron chi connectivity index (χ3n) is 5.49. The van der Waals surface area contributed by atoms with Crippen LogP contribution in [0.5, 0.6) is 0 Å². The highest BCUT2D eigenvalue weighted by Gasteiger charge is 2.28. The van der Waals surface area contributed by atoms with Gasteiger partial charge in [-0.15, -0.1) is 0 Å². The van der Waals surface area contributed by atoms with Gasteiger partial charge in [-0.25, -0.2) is 0 Å². The standard InChI is InChI=1S/C16H33N3/c1-4-19-12-5-6-15(11-13-19)18(3)16-9-7-14(17-2)8-10-16/h14-17H,4-13H2,1-3H3. The maximum absolute atomic E-state index is 3.44. The summed E-state index contributed by atoms with van der Waals surface area (Å²) in [5, 5.41) is 3.44. The molecule has 112 valence electrons. The van der Waals surface area contributed by atoms with E-state index in [-0.39, 0.29) is 0 Å². The van der Waals surface area contributed by atoms with Crippen molar-refractivity contribution in [1.29, 1.82) is 0 Å². The molecule has 1 N–H and O–H groups in total. The van der Waals surface area contributed by atoms with Crippen molar-refractivity contribution >= 4 is 0 Å². The molecule has 1 unspecified atom stereocenters. The lowest BCUT2D eigenvalue weighted by Crippen LogP contribution is -2.44. The molecule has 0 amide bonds. The molecule has 2 rings (SSSR count). The van der Waals surface area contributed by atoms with Gasteiger partial charge in [-0.2, -0.15) is 0 Å². The molecule has 0 aromatic heterocycles. The highest BCUT2D eigenvalue weighted by Crippen LogP contribution is 2.26. The van der Waals surface area contributed by atoms with Gasteiger partial charge in [0, 0.05) is 18.1 Å². The van der Waals surface area contributed by atoms with Gasteiger partial charge >= 0.3 is 0 Å². The van der Waals surface area contributed by atoms with Crippen LogP contribution in [-0.4, -0.2) is 61.7 Å². The van der Waals surface area contributed by atoms with E-state index in [2.05, 4.69) is 36.1 Å². The second kappa shape index (κ2) is 7.61. The van der Waals surface area contributed by atoms with Crippen molar-refractivity contribution in [3.63, 3.8) is 0 Å².